The highest BCUT2D eigenvalue weighted by atomic mass is 16.8. The monoisotopic (exact) mass is 381 g/mol. The van der Waals surface area contributed by atoms with Crippen molar-refractivity contribution in [3.05, 3.63) is 71.8 Å². The summed E-state index contributed by atoms with van der Waals surface area (Å²) < 4.78 is 18.6. The minimum absolute atomic E-state index is 0.255. The van der Waals surface area contributed by atoms with Crippen LogP contribution in [0.25, 0.3) is 0 Å². The Morgan fingerprint density at radius 3 is 2.07 bits per heavy atom. The zero-order valence-electron chi connectivity index (χ0n) is 16.4. The number of nitrogens with zero attached hydrogens (tertiary/aromatic N) is 1. The number of rotatable bonds is 4. The van der Waals surface area contributed by atoms with Crippen LogP contribution in [0, 0.1) is 5.92 Å². The quantitative estimate of drug-likeness (QED) is 0.756. The predicted molar refractivity (Wildman–Crippen MR) is 106 cm³/mol. The van der Waals surface area contributed by atoms with Crippen molar-refractivity contribution in [3.8, 4) is 0 Å². The second-order valence-corrected chi connectivity index (χ2v) is 7.53. The van der Waals surface area contributed by atoms with E-state index < -0.39 is 11.7 Å². The summed E-state index contributed by atoms with van der Waals surface area (Å²) in [7, 11) is 2.01. The molecule has 2 aliphatic heterocycles. The Hall–Kier alpha value is -2.21. The Morgan fingerprint density at radius 1 is 1.04 bits per heavy atom. The van der Waals surface area contributed by atoms with Crippen molar-refractivity contribution in [2.75, 3.05) is 26.7 Å². The molecular weight excluding hydrogens is 354 g/mol. The standard InChI is InChI=1S/C23H27NO4/c1-3-26-22(25)19-16-24(2)15-14-23(19)27-20(17-10-6-4-7-11-17)21(28-23)18-12-8-5-9-13-18/h4-13,19-21H,3,14-16H2,1-2H3/t19?,20-,21-/m0/s1. The summed E-state index contributed by atoms with van der Waals surface area (Å²) in [6.45, 7) is 3.53. The number of likely N-dealkylation sites (tertiary alicyclic amines) is 1. The largest absolute Gasteiger partial charge is 0.466 e. The van der Waals surface area contributed by atoms with Gasteiger partial charge in [0, 0.05) is 19.5 Å². The molecule has 0 saturated carbocycles. The minimum atomic E-state index is -0.972. The lowest BCUT2D eigenvalue weighted by Gasteiger charge is -2.41. The van der Waals surface area contributed by atoms with E-state index in [2.05, 4.69) is 29.2 Å². The minimum Gasteiger partial charge on any atom is -0.466 e. The van der Waals surface area contributed by atoms with Crippen LogP contribution in [0.5, 0.6) is 0 Å². The van der Waals surface area contributed by atoms with Gasteiger partial charge in [0.1, 0.15) is 18.1 Å². The van der Waals surface area contributed by atoms with Gasteiger partial charge >= 0.3 is 5.97 Å². The molecule has 5 heteroatoms. The van der Waals surface area contributed by atoms with Gasteiger partial charge < -0.3 is 19.1 Å². The van der Waals surface area contributed by atoms with Gasteiger partial charge in [-0.15, -0.1) is 0 Å². The molecule has 2 aromatic rings. The Kier molecular flexibility index (Phi) is 5.49. The number of carbonyl (C=O) groups excluding carboxylic acids is 1. The van der Waals surface area contributed by atoms with Gasteiger partial charge in [0.15, 0.2) is 5.79 Å². The highest BCUT2D eigenvalue weighted by molar-refractivity contribution is 5.74. The second-order valence-electron chi connectivity index (χ2n) is 7.53. The van der Waals surface area contributed by atoms with E-state index in [9.17, 15) is 4.79 Å². The fraction of sp³-hybridized carbons (Fsp3) is 0.435. The van der Waals surface area contributed by atoms with Gasteiger partial charge in [-0.25, -0.2) is 0 Å². The van der Waals surface area contributed by atoms with E-state index in [1.165, 1.54) is 0 Å². The predicted octanol–water partition coefficient (Wildman–Crippen LogP) is 3.73. The second kappa shape index (κ2) is 8.03. The number of benzene rings is 2. The summed E-state index contributed by atoms with van der Waals surface area (Å²) in [6.07, 6.45) is 0.0764. The lowest BCUT2D eigenvalue weighted by molar-refractivity contribution is -0.239. The van der Waals surface area contributed by atoms with Crippen molar-refractivity contribution >= 4 is 5.97 Å². The average Bonchev–Trinajstić information content (AvgIpc) is 3.12. The van der Waals surface area contributed by atoms with E-state index in [1.54, 1.807) is 0 Å². The highest BCUT2D eigenvalue weighted by Crippen LogP contribution is 2.52. The molecule has 4 rings (SSSR count). The topological polar surface area (TPSA) is 48.0 Å². The van der Waals surface area contributed by atoms with Crippen molar-refractivity contribution in [2.45, 2.75) is 31.3 Å². The van der Waals surface area contributed by atoms with Gasteiger partial charge in [0.05, 0.1) is 6.61 Å². The zero-order chi connectivity index (χ0) is 19.6. The first-order valence-electron chi connectivity index (χ1n) is 9.93. The third-order valence-corrected chi connectivity index (χ3v) is 5.62. The summed E-state index contributed by atoms with van der Waals surface area (Å²) in [5.74, 6) is -1.71. The molecule has 0 amide bonds. The van der Waals surface area contributed by atoms with Gasteiger partial charge in [0.25, 0.3) is 0 Å². The summed E-state index contributed by atoms with van der Waals surface area (Å²) in [4.78, 5) is 14.9. The molecule has 2 fully saturated rings. The molecule has 2 heterocycles. The highest BCUT2D eigenvalue weighted by Gasteiger charge is 2.57. The molecule has 0 radical (unpaired) electrons. The molecule has 5 nitrogen and oxygen atoms in total. The van der Waals surface area contributed by atoms with Gasteiger partial charge in [-0.2, -0.15) is 0 Å². The Morgan fingerprint density at radius 2 is 1.57 bits per heavy atom. The number of ether oxygens (including phenoxy) is 3. The maximum atomic E-state index is 12.8. The molecule has 28 heavy (non-hydrogen) atoms. The Bertz CT molecular complexity index is 747. The third-order valence-electron chi connectivity index (χ3n) is 5.62. The summed E-state index contributed by atoms with van der Waals surface area (Å²) in [5.41, 5.74) is 2.10. The molecule has 0 bridgehead atoms. The number of carbonyl (C=O) groups is 1. The summed E-state index contributed by atoms with van der Waals surface area (Å²) in [6, 6.07) is 20.2. The fourth-order valence-electron chi connectivity index (χ4n) is 4.19. The molecule has 148 valence electrons. The fourth-order valence-corrected chi connectivity index (χ4v) is 4.19. The van der Waals surface area contributed by atoms with Crippen LogP contribution >= 0.6 is 0 Å². The van der Waals surface area contributed by atoms with E-state index in [-0.39, 0.29) is 18.2 Å². The van der Waals surface area contributed by atoms with Crippen LogP contribution in [0.4, 0.5) is 0 Å². The molecule has 2 aliphatic rings. The number of piperidine rings is 1. The average molecular weight is 381 g/mol. The van der Waals surface area contributed by atoms with Gasteiger partial charge in [-0.05, 0) is 25.1 Å². The van der Waals surface area contributed by atoms with Crippen molar-refractivity contribution in [1.82, 2.24) is 4.90 Å². The normalized spacial score (nSPS) is 27.0. The molecule has 0 aliphatic carbocycles. The first-order valence-corrected chi connectivity index (χ1v) is 9.93. The van der Waals surface area contributed by atoms with E-state index in [0.717, 1.165) is 17.7 Å². The molecule has 3 atom stereocenters. The van der Waals surface area contributed by atoms with E-state index in [1.807, 2.05) is 50.4 Å². The summed E-state index contributed by atoms with van der Waals surface area (Å²) >= 11 is 0. The van der Waals surface area contributed by atoms with E-state index in [4.69, 9.17) is 14.2 Å². The van der Waals surface area contributed by atoms with Crippen LogP contribution < -0.4 is 0 Å². The Labute approximate surface area is 166 Å². The van der Waals surface area contributed by atoms with Crippen LogP contribution in [-0.4, -0.2) is 43.4 Å². The lowest BCUT2D eigenvalue weighted by atomic mass is 9.90. The molecular formula is C23H27NO4. The first kappa shape index (κ1) is 19.1. The number of hydrogen-bond donors (Lipinski definition) is 0. The van der Waals surface area contributed by atoms with E-state index >= 15 is 0 Å². The number of hydrogen-bond acceptors (Lipinski definition) is 5. The zero-order valence-corrected chi connectivity index (χ0v) is 16.4. The summed E-state index contributed by atoms with van der Waals surface area (Å²) in [5, 5.41) is 0. The Balaban J connectivity index is 1.72. The molecule has 0 N–H and O–H groups in total. The van der Waals surface area contributed by atoms with Crippen molar-refractivity contribution < 1.29 is 19.0 Å². The van der Waals surface area contributed by atoms with Crippen LogP contribution in [0.3, 0.4) is 0 Å². The van der Waals surface area contributed by atoms with Crippen LogP contribution in [0.2, 0.25) is 0 Å². The maximum absolute atomic E-state index is 12.8. The molecule has 1 unspecified atom stereocenters. The molecule has 1 spiro atoms. The van der Waals surface area contributed by atoms with Gasteiger partial charge in [-0.1, -0.05) is 60.7 Å². The van der Waals surface area contributed by atoms with Crippen LogP contribution in [0.1, 0.15) is 36.7 Å². The molecule has 2 aromatic carbocycles. The van der Waals surface area contributed by atoms with E-state index in [0.29, 0.717) is 19.6 Å². The van der Waals surface area contributed by atoms with Crippen molar-refractivity contribution in [2.24, 2.45) is 5.92 Å². The van der Waals surface area contributed by atoms with Crippen LogP contribution in [-0.2, 0) is 19.0 Å². The molecule has 0 aromatic heterocycles. The first-order chi connectivity index (χ1) is 13.6. The maximum Gasteiger partial charge on any atom is 0.315 e. The van der Waals surface area contributed by atoms with Crippen LogP contribution in [0.15, 0.2) is 60.7 Å². The molecule has 2 saturated heterocycles. The number of esters is 1. The third kappa shape index (κ3) is 3.58. The van der Waals surface area contributed by atoms with Crippen molar-refractivity contribution in [3.63, 3.8) is 0 Å². The van der Waals surface area contributed by atoms with Crippen molar-refractivity contribution in [1.29, 1.82) is 0 Å². The SMILES string of the molecule is CCOC(=O)C1CN(C)CCC12O[C@@H](c1ccccc1)[C@H](c1ccccc1)O2. The smallest absolute Gasteiger partial charge is 0.315 e. The van der Waals surface area contributed by atoms with Gasteiger partial charge in [0.2, 0.25) is 0 Å². The van der Waals surface area contributed by atoms with Gasteiger partial charge in [-0.3, -0.25) is 4.79 Å². The lowest BCUT2D eigenvalue weighted by Crippen LogP contribution is -2.55.